The number of hydrogen-bond donors (Lipinski definition) is 0. The van der Waals surface area contributed by atoms with E-state index in [4.69, 9.17) is 4.98 Å². The third-order valence-corrected chi connectivity index (χ3v) is 3.34. The van der Waals surface area contributed by atoms with E-state index in [2.05, 4.69) is 48.4 Å². The average molecular weight is 224 g/mol. The van der Waals surface area contributed by atoms with Gasteiger partial charge in [-0.1, -0.05) is 30.3 Å². The van der Waals surface area contributed by atoms with Crippen LogP contribution >= 0.6 is 0 Å². The van der Waals surface area contributed by atoms with Gasteiger partial charge in [-0.25, -0.2) is 4.98 Å². The van der Waals surface area contributed by atoms with Crippen molar-refractivity contribution in [3.63, 3.8) is 0 Å². The molecule has 0 unspecified atom stereocenters. The fraction of sp³-hybridized carbons (Fsp3) is 0.267. The molecule has 0 saturated carbocycles. The molecule has 2 nitrogen and oxygen atoms in total. The van der Waals surface area contributed by atoms with Crippen molar-refractivity contribution in [2.24, 2.45) is 0 Å². The van der Waals surface area contributed by atoms with Crippen LogP contribution in [0.2, 0.25) is 0 Å². The van der Waals surface area contributed by atoms with Gasteiger partial charge in [0.05, 0.1) is 11.2 Å². The molecule has 2 aromatic rings. The number of hydrogen-bond acceptors (Lipinski definition) is 2. The summed E-state index contributed by atoms with van der Waals surface area (Å²) in [7, 11) is 2.15. The summed E-state index contributed by atoms with van der Waals surface area (Å²) in [6.45, 7) is 2.16. The van der Waals surface area contributed by atoms with Gasteiger partial charge in [-0.15, -0.1) is 0 Å². The first-order valence-electron chi connectivity index (χ1n) is 6.07. The number of benzene rings is 1. The Morgan fingerprint density at radius 2 is 2.00 bits per heavy atom. The number of likely N-dealkylation sites (N-methyl/N-ethyl adjacent to an activating group) is 1. The van der Waals surface area contributed by atoms with Gasteiger partial charge >= 0.3 is 0 Å². The summed E-state index contributed by atoms with van der Waals surface area (Å²) in [6.07, 6.45) is 3.39. The predicted molar refractivity (Wildman–Crippen MR) is 71.8 cm³/mol. The first-order valence-corrected chi connectivity index (χ1v) is 6.07. The smallest absolute Gasteiger partial charge is 0.0709 e. The van der Waals surface area contributed by atoms with Crippen molar-refractivity contribution < 1.29 is 0 Å². The van der Waals surface area contributed by atoms with Crippen LogP contribution in [0.1, 0.15) is 12.1 Å². The maximum Gasteiger partial charge on any atom is 0.0709 e. The van der Waals surface area contributed by atoms with E-state index in [1.807, 2.05) is 6.07 Å². The zero-order chi connectivity index (χ0) is 11.7. The van der Waals surface area contributed by atoms with Gasteiger partial charge < -0.3 is 4.90 Å². The minimum atomic E-state index is 1.03. The molecule has 0 radical (unpaired) electrons. The van der Waals surface area contributed by atoms with Crippen LogP contribution in [-0.4, -0.2) is 30.0 Å². The Morgan fingerprint density at radius 3 is 2.82 bits per heavy atom. The third kappa shape index (κ3) is 2.08. The van der Waals surface area contributed by atoms with Crippen molar-refractivity contribution >= 4 is 16.5 Å². The second kappa shape index (κ2) is 4.30. The monoisotopic (exact) mass is 224 g/mol. The highest BCUT2D eigenvalue weighted by atomic mass is 15.1. The lowest BCUT2D eigenvalue weighted by molar-refractivity contribution is 0.370. The quantitative estimate of drug-likeness (QED) is 0.740. The molecule has 0 saturated heterocycles. The molecular formula is C15H16N2. The molecule has 1 aliphatic rings. The molecule has 1 aliphatic heterocycles. The topological polar surface area (TPSA) is 16.1 Å². The molecule has 2 heterocycles. The zero-order valence-electron chi connectivity index (χ0n) is 10.1. The van der Waals surface area contributed by atoms with Gasteiger partial charge in [0.1, 0.15) is 0 Å². The van der Waals surface area contributed by atoms with Crippen molar-refractivity contribution in [1.82, 2.24) is 9.88 Å². The second-order valence-corrected chi connectivity index (χ2v) is 4.63. The van der Waals surface area contributed by atoms with Crippen molar-refractivity contribution in [3.8, 4) is 0 Å². The molecular weight excluding hydrogens is 208 g/mol. The third-order valence-electron chi connectivity index (χ3n) is 3.34. The summed E-state index contributed by atoms with van der Waals surface area (Å²) in [4.78, 5) is 7.06. The molecule has 0 amide bonds. The zero-order valence-corrected chi connectivity index (χ0v) is 10.1. The molecule has 17 heavy (non-hydrogen) atoms. The van der Waals surface area contributed by atoms with Crippen LogP contribution in [0.5, 0.6) is 0 Å². The Hall–Kier alpha value is -1.67. The number of rotatable bonds is 1. The van der Waals surface area contributed by atoms with E-state index in [9.17, 15) is 0 Å². The lowest BCUT2D eigenvalue weighted by Gasteiger charge is -2.21. The lowest BCUT2D eigenvalue weighted by Crippen LogP contribution is -2.23. The highest BCUT2D eigenvalue weighted by molar-refractivity contribution is 5.81. The molecule has 0 bridgehead atoms. The largest absolute Gasteiger partial charge is 0.302 e. The summed E-state index contributed by atoms with van der Waals surface area (Å²) >= 11 is 0. The standard InChI is InChI=1S/C15H16N2/c1-17-10-8-13(9-11-17)15-7-6-12-4-2-3-5-14(12)16-15/h2-8H,9-11H2,1H3. The molecule has 2 heteroatoms. The molecule has 0 N–H and O–H groups in total. The highest BCUT2D eigenvalue weighted by Gasteiger charge is 2.10. The second-order valence-electron chi connectivity index (χ2n) is 4.63. The fourth-order valence-electron chi connectivity index (χ4n) is 2.25. The van der Waals surface area contributed by atoms with Crippen molar-refractivity contribution in [3.05, 3.63) is 48.2 Å². The van der Waals surface area contributed by atoms with Crippen LogP contribution in [0.3, 0.4) is 0 Å². The van der Waals surface area contributed by atoms with E-state index in [-0.39, 0.29) is 0 Å². The minimum absolute atomic E-state index is 1.03. The summed E-state index contributed by atoms with van der Waals surface area (Å²) in [5.41, 5.74) is 3.61. The van der Waals surface area contributed by atoms with Gasteiger partial charge in [0.25, 0.3) is 0 Å². The number of fused-ring (bicyclic) bond motifs is 1. The molecule has 3 rings (SSSR count). The SMILES string of the molecule is CN1CC=C(c2ccc3ccccc3n2)CC1. The van der Waals surface area contributed by atoms with Crippen LogP contribution < -0.4 is 0 Å². The van der Waals surface area contributed by atoms with Crippen molar-refractivity contribution in [1.29, 1.82) is 0 Å². The number of nitrogens with zero attached hydrogens (tertiary/aromatic N) is 2. The van der Waals surface area contributed by atoms with E-state index >= 15 is 0 Å². The van der Waals surface area contributed by atoms with Gasteiger partial charge in [-0.3, -0.25) is 0 Å². The summed E-state index contributed by atoms with van der Waals surface area (Å²) < 4.78 is 0. The molecule has 0 atom stereocenters. The first kappa shape index (κ1) is 10.5. The van der Waals surface area contributed by atoms with Crippen LogP contribution in [-0.2, 0) is 0 Å². The van der Waals surface area contributed by atoms with Gasteiger partial charge in [0.15, 0.2) is 0 Å². The van der Waals surface area contributed by atoms with Crippen molar-refractivity contribution in [2.45, 2.75) is 6.42 Å². The lowest BCUT2D eigenvalue weighted by atomic mass is 10.0. The average Bonchev–Trinajstić information content (AvgIpc) is 2.39. The van der Waals surface area contributed by atoms with Gasteiger partial charge in [-0.2, -0.15) is 0 Å². The Bertz CT molecular complexity index is 572. The Morgan fingerprint density at radius 1 is 1.12 bits per heavy atom. The normalized spacial score (nSPS) is 17.1. The molecule has 0 fully saturated rings. The van der Waals surface area contributed by atoms with Crippen LogP contribution in [0.15, 0.2) is 42.5 Å². The molecule has 0 aliphatic carbocycles. The van der Waals surface area contributed by atoms with Crippen LogP contribution in [0, 0.1) is 0 Å². The number of para-hydroxylation sites is 1. The van der Waals surface area contributed by atoms with E-state index in [0.29, 0.717) is 0 Å². The van der Waals surface area contributed by atoms with Gasteiger partial charge in [-0.05, 0) is 31.2 Å². The van der Waals surface area contributed by atoms with E-state index < -0.39 is 0 Å². The van der Waals surface area contributed by atoms with Gasteiger partial charge in [0, 0.05) is 18.5 Å². The maximum atomic E-state index is 4.74. The highest BCUT2D eigenvalue weighted by Crippen LogP contribution is 2.22. The van der Waals surface area contributed by atoms with Crippen LogP contribution in [0.25, 0.3) is 16.5 Å². The molecule has 86 valence electrons. The van der Waals surface area contributed by atoms with Gasteiger partial charge in [0.2, 0.25) is 0 Å². The maximum absolute atomic E-state index is 4.74. The predicted octanol–water partition coefficient (Wildman–Crippen LogP) is 2.95. The van der Waals surface area contributed by atoms with Crippen LogP contribution in [0.4, 0.5) is 0 Å². The Kier molecular flexibility index (Phi) is 2.65. The molecule has 0 spiro atoms. The van der Waals surface area contributed by atoms with E-state index in [1.54, 1.807) is 0 Å². The Balaban J connectivity index is 2.01. The molecule has 1 aromatic heterocycles. The number of aromatic nitrogens is 1. The summed E-state index contributed by atoms with van der Waals surface area (Å²) in [5.74, 6) is 0. The minimum Gasteiger partial charge on any atom is -0.302 e. The van der Waals surface area contributed by atoms with E-state index in [0.717, 1.165) is 30.7 Å². The Labute approximate surface area is 102 Å². The number of pyridine rings is 1. The first-order chi connectivity index (χ1) is 8.33. The van der Waals surface area contributed by atoms with E-state index in [1.165, 1.54) is 11.0 Å². The molecule has 1 aromatic carbocycles. The fourth-order valence-corrected chi connectivity index (χ4v) is 2.25. The summed E-state index contributed by atoms with van der Waals surface area (Å²) in [6, 6.07) is 12.6. The van der Waals surface area contributed by atoms with Crippen molar-refractivity contribution in [2.75, 3.05) is 20.1 Å². The summed E-state index contributed by atoms with van der Waals surface area (Å²) in [5, 5.41) is 1.21.